The monoisotopic (exact) mass is 489 g/mol. The van der Waals surface area contributed by atoms with E-state index in [-0.39, 0.29) is 31.3 Å². The lowest BCUT2D eigenvalue weighted by atomic mass is 9.95. The molecule has 5 nitrogen and oxygen atoms in total. The minimum absolute atomic E-state index is 0.0958. The number of hydrogen-bond acceptors (Lipinski definition) is 4. The maximum absolute atomic E-state index is 14.5. The summed E-state index contributed by atoms with van der Waals surface area (Å²) in [5, 5.41) is 19.8. The SMILES string of the molecule is CCC[C@@H](OC[C@H](O)CN1CCC[C@H]1Cc1ccc(C)c(F)c1)c1cccc(F)c1CCC(=O)O. The zero-order valence-corrected chi connectivity index (χ0v) is 20.7. The molecule has 35 heavy (non-hydrogen) atoms. The molecule has 7 heteroatoms. The number of aliphatic hydroxyl groups excluding tert-OH is 1. The fourth-order valence-corrected chi connectivity index (χ4v) is 4.92. The molecule has 2 aromatic rings. The molecule has 1 saturated heterocycles. The number of likely N-dealkylation sites (tertiary alicyclic amines) is 1. The van der Waals surface area contributed by atoms with Gasteiger partial charge in [-0.1, -0.05) is 37.6 Å². The molecule has 3 rings (SSSR count). The van der Waals surface area contributed by atoms with Gasteiger partial charge in [0.1, 0.15) is 11.6 Å². The van der Waals surface area contributed by atoms with Gasteiger partial charge in [-0.3, -0.25) is 9.69 Å². The van der Waals surface area contributed by atoms with Crippen molar-refractivity contribution in [3.63, 3.8) is 0 Å². The van der Waals surface area contributed by atoms with E-state index in [4.69, 9.17) is 9.84 Å². The van der Waals surface area contributed by atoms with E-state index < -0.39 is 24.0 Å². The third-order valence-corrected chi connectivity index (χ3v) is 6.78. The van der Waals surface area contributed by atoms with Gasteiger partial charge >= 0.3 is 5.97 Å². The minimum Gasteiger partial charge on any atom is -0.481 e. The van der Waals surface area contributed by atoms with Crippen LogP contribution in [0, 0.1) is 18.6 Å². The Morgan fingerprint density at radius 3 is 2.74 bits per heavy atom. The quantitative estimate of drug-likeness (QED) is 0.404. The molecule has 0 aliphatic carbocycles. The van der Waals surface area contributed by atoms with Crippen LogP contribution in [0.2, 0.25) is 0 Å². The molecule has 192 valence electrons. The summed E-state index contributed by atoms with van der Waals surface area (Å²) in [6.45, 7) is 5.18. The van der Waals surface area contributed by atoms with Crippen molar-refractivity contribution in [1.29, 1.82) is 0 Å². The fourth-order valence-electron chi connectivity index (χ4n) is 4.92. The number of carbonyl (C=O) groups is 1. The van der Waals surface area contributed by atoms with Gasteiger partial charge in [-0.2, -0.15) is 0 Å². The van der Waals surface area contributed by atoms with Crippen LogP contribution >= 0.6 is 0 Å². The van der Waals surface area contributed by atoms with Crippen molar-refractivity contribution in [2.45, 2.75) is 77.0 Å². The van der Waals surface area contributed by atoms with E-state index in [9.17, 15) is 18.7 Å². The second-order valence-corrected chi connectivity index (χ2v) is 9.54. The van der Waals surface area contributed by atoms with E-state index in [1.165, 1.54) is 6.07 Å². The Kier molecular flexibility index (Phi) is 10.2. The molecule has 0 unspecified atom stereocenters. The second-order valence-electron chi connectivity index (χ2n) is 9.54. The van der Waals surface area contributed by atoms with Crippen molar-refractivity contribution >= 4 is 5.97 Å². The Labute approximate surface area is 206 Å². The van der Waals surface area contributed by atoms with Crippen molar-refractivity contribution in [3.8, 4) is 0 Å². The number of aliphatic carboxylic acids is 1. The predicted octanol–water partition coefficient (Wildman–Crippen LogP) is 5.22. The highest BCUT2D eigenvalue weighted by molar-refractivity contribution is 5.67. The number of aryl methyl sites for hydroxylation is 1. The van der Waals surface area contributed by atoms with Gasteiger partial charge in [0.15, 0.2) is 0 Å². The third-order valence-electron chi connectivity index (χ3n) is 6.78. The predicted molar refractivity (Wildman–Crippen MR) is 131 cm³/mol. The van der Waals surface area contributed by atoms with Crippen LogP contribution in [-0.2, 0) is 22.4 Å². The highest BCUT2D eigenvalue weighted by Crippen LogP contribution is 2.29. The molecule has 1 fully saturated rings. The lowest BCUT2D eigenvalue weighted by Gasteiger charge is -2.28. The smallest absolute Gasteiger partial charge is 0.303 e. The number of halogens is 2. The number of β-amino-alcohol motifs (C(OH)–C–C–N with tert-alkyl or cyclic N) is 1. The number of nitrogens with zero attached hydrogens (tertiary/aromatic N) is 1. The number of ether oxygens (including phenoxy) is 1. The average Bonchev–Trinajstić information content (AvgIpc) is 3.24. The summed E-state index contributed by atoms with van der Waals surface area (Å²) < 4.78 is 34.6. The van der Waals surface area contributed by atoms with Crippen molar-refractivity contribution in [2.24, 2.45) is 0 Å². The number of carboxylic acids is 1. The molecule has 0 bridgehead atoms. The van der Waals surface area contributed by atoms with E-state index in [1.807, 2.05) is 13.0 Å². The standard InChI is InChI=1S/C28H37F2NO4/c1-3-6-27(24-8-4-9-25(29)23(24)12-13-28(33)34)35-18-22(32)17-31-14-5-7-21(31)15-20-11-10-19(2)26(30)16-20/h4,8-11,16,21-22,27,32H,3,5-7,12-15,17-18H2,1-2H3,(H,33,34)/t21-,22+,27+/m0/s1. The molecular formula is C28H37F2NO4. The first-order valence-corrected chi connectivity index (χ1v) is 12.6. The van der Waals surface area contributed by atoms with Crippen LogP contribution < -0.4 is 0 Å². The van der Waals surface area contributed by atoms with Gasteiger partial charge in [0, 0.05) is 19.0 Å². The fraction of sp³-hybridized carbons (Fsp3) is 0.536. The van der Waals surface area contributed by atoms with Crippen LogP contribution in [0.1, 0.15) is 67.4 Å². The minimum atomic E-state index is -0.976. The molecule has 0 aromatic heterocycles. The highest BCUT2D eigenvalue weighted by atomic mass is 19.1. The molecule has 3 atom stereocenters. The molecule has 2 N–H and O–H groups in total. The van der Waals surface area contributed by atoms with Crippen LogP contribution in [0.5, 0.6) is 0 Å². The maximum atomic E-state index is 14.5. The number of carboxylic acid groups (broad SMARTS) is 1. The van der Waals surface area contributed by atoms with Gasteiger partial charge in [-0.05, 0) is 80.0 Å². The first kappa shape index (κ1) is 27.2. The summed E-state index contributed by atoms with van der Waals surface area (Å²) in [5.41, 5.74) is 2.61. The van der Waals surface area contributed by atoms with Crippen LogP contribution in [0.25, 0.3) is 0 Å². The van der Waals surface area contributed by atoms with E-state index in [0.717, 1.165) is 37.8 Å². The van der Waals surface area contributed by atoms with Crippen LogP contribution in [0.15, 0.2) is 36.4 Å². The van der Waals surface area contributed by atoms with E-state index >= 15 is 0 Å². The molecule has 2 aromatic carbocycles. The first-order chi connectivity index (χ1) is 16.8. The summed E-state index contributed by atoms with van der Waals surface area (Å²) in [6, 6.07) is 10.3. The van der Waals surface area contributed by atoms with Crippen LogP contribution in [0.3, 0.4) is 0 Å². The molecule has 1 heterocycles. The second kappa shape index (κ2) is 13.1. The zero-order chi connectivity index (χ0) is 25.4. The van der Waals surface area contributed by atoms with E-state index in [2.05, 4.69) is 4.90 Å². The van der Waals surface area contributed by atoms with E-state index in [1.54, 1.807) is 31.2 Å². The molecule has 1 aliphatic rings. The summed E-state index contributed by atoms with van der Waals surface area (Å²) in [6.07, 6.45) is 3.01. The molecule has 1 aliphatic heterocycles. The molecule has 0 radical (unpaired) electrons. The summed E-state index contributed by atoms with van der Waals surface area (Å²) in [4.78, 5) is 13.3. The number of rotatable bonds is 13. The summed E-state index contributed by atoms with van der Waals surface area (Å²) >= 11 is 0. The summed E-state index contributed by atoms with van der Waals surface area (Å²) in [5.74, 6) is -1.60. The summed E-state index contributed by atoms with van der Waals surface area (Å²) in [7, 11) is 0. The molecule has 0 saturated carbocycles. The topological polar surface area (TPSA) is 70.0 Å². The van der Waals surface area contributed by atoms with Gasteiger partial charge in [-0.25, -0.2) is 8.78 Å². The number of benzene rings is 2. The van der Waals surface area contributed by atoms with Gasteiger partial charge in [0.05, 0.1) is 18.8 Å². The Hall–Kier alpha value is -2.35. The Bertz CT molecular complexity index is 983. The largest absolute Gasteiger partial charge is 0.481 e. The normalized spacial score (nSPS) is 18.0. The average molecular weight is 490 g/mol. The zero-order valence-electron chi connectivity index (χ0n) is 20.7. The molecular weight excluding hydrogens is 452 g/mol. The number of aliphatic hydroxyl groups is 1. The van der Waals surface area contributed by atoms with Gasteiger partial charge in [-0.15, -0.1) is 0 Å². The van der Waals surface area contributed by atoms with Gasteiger partial charge in [0.2, 0.25) is 0 Å². The third kappa shape index (κ3) is 7.82. The number of hydrogen-bond donors (Lipinski definition) is 2. The maximum Gasteiger partial charge on any atom is 0.303 e. The lowest BCUT2D eigenvalue weighted by molar-refractivity contribution is -0.136. The van der Waals surface area contributed by atoms with E-state index in [0.29, 0.717) is 29.7 Å². The van der Waals surface area contributed by atoms with Crippen molar-refractivity contribution in [3.05, 3.63) is 70.3 Å². The highest BCUT2D eigenvalue weighted by Gasteiger charge is 2.27. The van der Waals surface area contributed by atoms with Gasteiger partial charge in [0.25, 0.3) is 0 Å². The Morgan fingerprint density at radius 2 is 2.03 bits per heavy atom. The van der Waals surface area contributed by atoms with Crippen molar-refractivity contribution in [2.75, 3.05) is 19.7 Å². The lowest BCUT2D eigenvalue weighted by Crippen LogP contribution is -2.39. The first-order valence-electron chi connectivity index (χ1n) is 12.6. The Balaban J connectivity index is 1.60. The molecule has 0 spiro atoms. The van der Waals surface area contributed by atoms with Crippen molar-refractivity contribution in [1.82, 2.24) is 4.90 Å². The van der Waals surface area contributed by atoms with Crippen molar-refractivity contribution < 1.29 is 28.5 Å². The molecule has 0 amide bonds. The van der Waals surface area contributed by atoms with Crippen LogP contribution in [0.4, 0.5) is 8.78 Å². The van der Waals surface area contributed by atoms with Crippen LogP contribution in [-0.4, -0.2) is 52.9 Å². The Morgan fingerprint density at radius 1 is 1.23 bits per heavy atom. The van der Waals surface area contributed by atoms with Gasteiger partial charge < -0.3 is 14.9 Å².